The molecule has 5 nitrogen and oxygen atoms in total. The lowest BCUT2D eigenvalue weighted by molar-refractivity contribution is 0.620. The normalized spacial score (nSPS) is 11.1. The molecule has 0 unspecified atom stereocenters. The second-order valence-electron chi connectivity index (χ2n) is 8.03. The summed E-state index contributed by atoms with van der Waals surface area (Å²) in [4.78, 5) is 25.0. The number of hydrogen-bond acceptors (Lipinski definition) is 4. The second-order valence-corrected chi connectivity index (χ2v) is 8.03. The molecule has 0 aliphatic carbocycles. The van der Waals surface area contributed by atoms with E-state index in [1.807, 2.05) is 85.6 Å². The maximum atomic E-state index is 13.9. The molecule has 0 saturated heterocycles. The largest absolute Gasteiger partial charge is 0.343 e. The van der Waals surface area contributed by atoms with Gasteiger partial charge >= 0.3 is 0 Å². The summed E-state index contributed by atoms with van der Waals surface area (Å²) in [6.07, 6.45) is 3.55. The van der Waals surface area contributed by atoms with E-state index in [9.17, 15) is 4.79 Å². The van der Waals surface area contributed by atoms with Gasteiger partial charge in [-0.05, 0) is 48.4 Å². The third-order valence-corrected chi connectivity index (χ3v) is 5.97. The van der Waals surface area contributed by atoms with Gasteiger partial charge in [-0.3, -0.25) is 14.3 Å². The summed E-state index contributed by atoms with van der Waals surface area (Å²) in [6, 6.07) is 29.6. The lowest BCUT2D eigenvalue weighted by Gasteiger charge is -2.24. The molecule has 2 aromatic heterocycles. The van der Waals surface area contributed by atoms with Gasteiger partial charge in [-0.1, -0.05) is 60.7 Å². The Kier molecular flexibility index (Phi) is 5.45. The van der Waals surface area contributed by atoms with E-state index in [4.69, 9.17) is 4.98 Å². The summed E-state index contributed by atoms with van der Waals surface area (Å²) in [6.45, 7) is 1.90. The van der Waals surface area contributed by atoms with Crippen molar-refractivity contribution in [3.63, 3.8) is 0 Å². The fourth-order valence-corrected chi connectivity index (χ4v) is 4.27. The summed E-state index contributed by atoms with van der Waals surface area (Å²) in [7, 11) is 1.97. The van der Waals surface area contributed by atoms with E-state index in [1.54, 1.807) is 17.0 Å². The highest BCUT2D eigenvalue weighted by molar-refractivity contribution is 5.83. The van der Waals surface area contributed by atoms with Gasteiger partial charge in [-0.2, -0.15) is 0 Å². The Morgan fingerprint density at radius 2 is 1.48 bits per heavy atom. The van der Waals surface area contributed by atoms with Gasteiger partial charge in [-0.15, -0.1) is 0 Å². The molecule has 0 N–H and O–H groups in total. The zero-order valence-corrected chi connectivity index (χ0v) is 18.6. The van der Waals surface area contributed by atoms with Crippen molar-refractivity contribution in [1.82, 2.24) is 14.5 Å². The molecule has 0 atom stereocenters. The first-order valence-electron chi connectivity index (χ1n) is 10.9. The maximum absolute atomic E-state index is 13.9. The van der Waals surface area contributed by atoms with Crippen LogP contribution < -0.4 is 10.5 Å². The van der Waals surface area contributed by atoms with E-state index in [-0.39, 0.29) is 11.6 Å². The molecule has 0 aliphatic rings. The number of aromatic nitrogens is 3. The molecule has 0 saturated carbocycles. The van der Waals surface area contributed by atoms with Gasteiger partial charge in [0.1, 0.15) is 5.82 Å². The fraction of sp³-hybridized carbons (Fsp3) is 0.107. The van der Waals surface area contributed by atoms with Crippen LogP contribution in [0.15, 0.2) is 108 Å². The van der Waals surface area contributed by atoms with Gasteiger partial charge in [0.25, 0.3) is 5.56 Å². The highest BCUT2D eigenvalue weighted by Gasteiger charge is 2.21. The van der Waals surface area contributed by atoms with Crippen LogP contribution in [0.4, 0.5) is 11.4 Å². The second kappa shape index (κ2) is 8.71. The van der Waals surface area contributed by atoms with E-state index >= 15 is 0 Å². The van der Waals surface area contributed by atoms with E-state index < -0.39 is 0 Å². The molecule has 0 amide bonds. The third-order valence-electron chi connectivity index (χ3n) is 5.97. The van der Waals surface area contributed by atoms with E-state index in [1.165, 1.54) is 0 Å². The number of fused-ring (bicyclic) bond motifs is 1. The Morgan fingerprint density at radius 1 is 0.818 bits per heavy atom. The molecular formula is C28H24N4O. The minimum atomic E-state index is -0.267. The number of anilines is 2. The summed E-state index contributed by atoms with van der Waals surface area (Å²) < 4.78 is 1.81. The van der Waals surface area contributed by atoms with Gasteiger partial charge < -0.3 is 4.90 Å². The van der Waals surface area contributed by atoms with Crippen LogP contribution in [0.1, 0.15) is 23.0 Å². The molecule has 0 bridgehead atoms. The molecule has 2 heterocycles. The van der Waals surface area contributed by atoms with Crippen LogP contribution in [0.5, 0.6) is 0 Å². The minimum absolute atomic E-state index is 0.0587. The molecule has 0 fully saturated rings. The zero-order valence-electron chi connectivity index (χ0n) is 18.6. The average molecular weight is 433 g/mol. The summed E-state index contributed by atoms with van der Waals surface area (Å²) in [5.41, 5.74) is 4.57. The Labute approximate surface area is 192 Å². The molecule has 0 radical (unpaired) electrons. The number of pyridine rings is 1. The Hall–Kier alpha value is -4.25. The quantitative estimate of drug-likeness (QED) is 0.368. The fourth-order valence-electron chi connectivity index (χ4n) is 4.27. The zero-order chi connectivity index (χ0) is 22.8. The van der Waals surface area contributed by atoms with E-state index in [0.717, 1.165) is 22.5 Å². The third kappa shape index (κ3) is 3.89. The number of hydrogen-bond donors (Lipinski definition) is 0. The summed E-state index contributed by atoms with van der Waals surface area (Å²) in [5, 5.41) is 0.589. The monoisotopic (exact) mass is 432 g/mol. The van der Waals surface area contributed by atoms with Gasteiger partial charge in [0.05, 0.1) is 28.8 Å². The van der Waals surface area contributed by atoms with E-state index in [2.05, 4.69) is 29.2 Å². The van der Waals surface area contributed by atoms with Crippen molar-refractivity contribution in [2.24, 2.45) is 0 Å². The highest BCUT2D eigenvalue weighted by atomic mass is 16.1. The Morgan fingerprint density at radius 3 is 2.09 bits per heavy atom. The summed E-state index contributed by atoms with van der Waals surface area (Å²) >= 11 is 0. The average Bonchev–Trinajstić information content (AvgIpc) is 2.87. The smallest absolute Gasteiger partial charge is 0.262 e. The lowest BCUT2D eigenvalue weighted by Crippen LogP contribution is -2.29. The van der Waals surface area contributed by atoms with Crippen LogP contribution in [0.2, 0.25) is 0 Å². The predicted molar refractivity (Wildman–Crippen MR) is 133 cm³/mol. The van der Waals surface area contributed by atoms with Crippen LogP contribution >= 0.6 is 0 Å². The molecule has 33 heavy (non-hydrogen) atoms. The van der Waals surface area contributed by atoms with Gasteiger partial charge in [-0.25, -0.2) is 4.98 Å². The Bertz CT molecular complexity index is 1410. The molecule has 162 valence electrons. The van der Waals surface area contributed by atoms with Crippen LogP contribution in [0.25, 0.3) is 10.9 Å². The van der Waals surface area contributed by atoms with Crippen molar-refractivity contribution in [2.45, 2.75) is 13.0 Å². The molecule has 5 aromatic rings. The predicted octanol–water partition coefficient (Wildman–Crippen LogP) is 5.51. The van der Waals surface area contributed by atoms with Crippen molar-refractivity contribution in [3.8, 4) is 0 Å². The first-order valence-corrected chi connectivity index (χ1v) is 10.9. The lowest BCUT2D eigenvalue weighted by atomic mass is 9.98. The Balaban J connectivity index is 1.71. The SMILES string of the molecule is Cc1nc2ccc(N(C)c3cccnc3)cc2c(=O)n1C(c1ccccc1)c1ccccc1. The van der Waals surface area contributed by atoms with Crippen molar-refractivity contribution in [2.75, 3.05) is 11.9 Å². The number of aryl methyl sites for hydroxylation is 1. The maximum Gasteiger partial charge on any atom is 0.262 e. The van der Waals surface area contributed by atoms with Gasteiger partial charge in [0.2, 0.25) is 0 Å². The molecular weight excluding hydrogens is 408 g/mol. The molecule has 0 spiro atoms. The van der Waals surface area contributed by atoms with Crippen molar-refractivity contribution < 1.29 is 0 Å². The topological polar surface area (TPSA) is 51.0 Å². The van der Waals surface area contributed by atoms with Crippen LogP contribution in [0.3, 0.4) is 0 Å². The van der Waals surface area contributed by atoms with Crippen molar-refractivity contribution >= 4 is 22.3 Å². The van der Waals surface area contributed by atoms with Gasteiger partial charge in [0.15, 0.2) is 0 Å². The number of benzene rings is 3. The van der Waals surface area contributed by atoms with Crippen LogP contribution in [-0.2, 0) is 0 Å². The summed E-state index contributed by atoms with van der Waals surface area (Å²) in [5.74, 6) is 0.679. The van der Waals surface area contributed by atoms with E-state index in [0.29, 0.717) is 16.7 Å². The standard InChI is InChI=1S/C28H24N4O/c1-20-30-26-16-15-23(31(2)24-14-9-17-29-19-24)18-25(26)28(33)32(20)27(21-10-5-3-6-11-21)22-12-7-4-8-13-22/h3-19,27H,1-2H3. The first-order chi connectivity index (χ1) is 16.1. The van der Waals surface area contributed by atoms with Crippen molar-refractivity contribution in [3.05, 3.63) is 131 Å². The molecule has 5 heteroatoms. The number of nitrogens with zero attached hydrogens (tertiary/aromatic N) is 4. The molecule has 5 rings (SSSR count). The van der Waals surface area contributed by atoms with Gasteiger partial charge in [0, 0.05) is 18.9 Å². The first kappa shape index (κ1) is 20.6. The van der Waals surface area contributed by atoms with Crippen LogP contribution in [0, 0.1) is 6.92 Å². The van der Waals surface area contributed by atoms with Crippen LogP contribution in [-0.4, -0.2) is 21.6 Å². The highest BCUT2D eigenvalue weighted by Crippen LogP contribution is 2.29. The van der Waals surface area contributed by atoms with Crippen molar-refractivity contribution in [1.29, 1.82) is 0 Å². The minimum Gasteiger partial charge on any atom is -0.343 e. The molecule has 3 aromatic carbocycles. The molecule has 0 aliphatic heterocycles. The number of rotatable bonds is 5.